The van der Waals surface area contributed by atoms with Gasteiger partial charge in [0.1, 0.15) is 5.75 Å². The molecule has 1 nitrogen and oxygen atoms in total. The van der Waals surface area contributed by atoms with Gasteiger partial charge in [-0.1, -0.05) is 0 Å². The van der Waals surface area contributed by atoms with Crippen LogP contribution in [0.1, 0.15) is 5.56 Å². The van der Waals surface area contributed by atoms with E-state index in [2.05, 4.69) is 45.2 Å². The summed E-state index contributed by atoms with van der Waals surface area (Å²) < 4.78 is 7.47. The molecule has 12 heavy (non-hydrogen) atoms. The first-order chi connectivity index (χ1) is 5.70. The van der Waals surface area contributed by atoms with Gasteiger partial charge in [-0.15, -0.1) is 11.6 Å². The van der Waals surface area contributed by atoms with Gasteiger partial charge in [-0.3, -0.25) is 0 Å². The van der Waals surface area contributed by atoms with Crippen molar-refractivity contribution in [3.8, 4) is 5.75 Å². The standard InChI is InChI=1S/C8H7ClI2O/c1-12-7-3-2-6(10)5(4-9)8(7)11/h2-3H,4H2,1H3. The SMILES string of the molecule is COc1ccc(I)c(CCl)c1I. The number of rotatable bonds is 2. The predicted molar refractivity (Wildman–Crippen MR) is 68.0 cm³/mol. The quantitative estimate of drug-likeness (QED) is 0.536. The van der Waals surface area contributed by atoms with Gasteiger partial charge in [0, 0.05) is 9.45 Å². The van der Waals surface area contributed by atoms with Gasteiger partial charge in [0.15, 0.2) is 0 Å². The van der Waals surface area contributed by atoms with Crippen molar-refractivity contribution in [2.45, 2.75) is 5.88 Å². The summed E-state index contributed by atoms with van der Waals surface area (Å²) in [6.45, 7) is 0. The molecule has 0 saturated carbocycles. The van der Waals surface area contributed by atoms with E-state index in [9.17, 15) is 0 Å². The van der Waals surface area contributed by atoms with Crippen LogP contribution < -0.4 is 4.74 Å². The molecule has 1 aromatic rings. The van der Waals surface area contributed by atoms with Crippen molar-refractivity contribution in [3.05, 3.63) is 24.8 Å². The largest absolute Gasteiger partial charge is 0.496 e. The summed E-state index contributed by atoms with van der Waals surface area (Å²) in [6, 6.07) is 3.97. The number of halogens is 3. The van der Waals surface area contributed by atoms with Crippen molar-refractivity contribution in [3.63, 3.8) is 0 Å². The molecule has 0 aromatic heterocycles. The molecule has 0 saturated heterocycles. The molecule has 0 aliphatic rings. The Labute approximate surface area is 104 Å². The Morgan fingerprint density at radius 3 is 2.58 bits per heavy atom. The topological polar surface area (TPSA) is 9.23 Å². The third-order valence-electron chi connectivity index (χ3n) is 1.50. The first kappa shape index (κ1) is 10.8. The second-order valence-corrected chi connectivity index (χ2v) is 4.68. The van der Waals surface area contributed by atoms with Crippen molar-refractivity contribution in [1.29, 1.82) is 0 Å². The Hall–Kier alpha value is 0.770. The third-order valence-corrected chi connectivity index (χ3v) is 3.96. The number of ether oxygens (including phenoxy) is 1. The van der Waals surface area contributed by atoms with Crippen LogP contribution in [0.4, 0.5) is 0 Å². The summed E-state index contributed by atoms with van der Waals surface area (Å²) >= 11 is 10.3. The maximum atomic E-state index is 5.80. The fourth-order valence-corrected chi connectivity index (χ4v) is 3.62. The molecule has 0 bridgehead atoms. The van der Waals surface area contributed by atoms with Crippen LogP contribution in [0.5, 0.6) is 5.75 Å². The molecule has 66 valence electrons. The van der Waals surface area contributed by atoms with Gasteiger partial charge in [-0.25, -0.2) is 0 Å². The zero-order valence-corrected chi connectivity index (χ0v) is 11.5. The van der Waals surface area contributed by atoms with Gasteiger partial charge in [0.25, 0.3) is 0 Å². The second-order valence-electron chi connectivity index (χ2n) is 2.18. The number of hydrogen-bond donors (Lipinski definition) is 0. The zero-order valence-electron chi connectivity index (χ0n) is 6.40. The Morgan fingerprint density at radius 1 is 1.42 bits per heavy atom. The van der Waals surface area contributed by atoms with Crippen LogP contribution in [0, 0.1) is 7.14 Å². The Morgan fingerprint density at radius 2 is 2.08 bits per heavy atom. The van der Waals surface area contributed by atoms with E-state index in [0.717, 1.165) is 14.9 Å². The molecule has 1 aromatic carbocycles. The first-order valence-corrected chi connectivity index (χ1v) is 5.96. The van der Waals surface area contributed by atoms with Crippen LogP contribution in [0.3, 0.4) is 0 Å². The average Bonchev–Trinajstić information content (AvgIpc) is 2.06. The van der Waals surface area contributed by atoms with E-state index in [1.54, 1.807) is 7.11 Å². The fourth-order valence-electron chi connectivity index (χ4n) is 0.856. The molecule has 4 heteroatoms. The minimum absolute atomic E-state index is 0.535. The molecule has 0 fully saturated rings. The Kier molecular flexibility index (Phi) is 4.39. The minimum Gasteiger partial charge on any atom is -0.496 e. The van der Waals surface area contributed by atoms with E-state index < -0.39 is 0 Å². The third kappa shape index (κ3) is 2.17. The normalized spacial score (nSPS) is 10.0. The average molecular weight is 408 g/mol. The zero-order chi connectivity index (χ0) is 9.14. The van der Waals surface area contributed by atoms with E-state index in [0.29, 0.717) is 5.88 Å². The highest BCUT2D eigenvalue weighted by Crippen LogP contribution is 2.29. The van der Waals surface area contributed by atoms with Gasteiger partial charge >= 0.3 is 0 Å². The summed E-state index contributed by atoms with van der Waals surface area (Å²) in [5.41, 5.74) is 1.15. The lowest BCUT2D eigenvalue weighted by atomic mass is 10.2. The molecule has 0 radical (unpaired) electrons. The van der Waals surface area contributed by atoms with Gasteiger partial charge in [-0.2, -0.15) is 0 Å². The van der Waals surface area contributed by atoms with Gasteiger partial charge in [0.2, 0.25) is 0 Å². The van der Waals surface area contributed by atoms with Crippen molar-refractivity contribution < 1.29 is 4.74 Å². The van der Waals surface area contributed by atoms with Crippen LogP contribution in [-0.2, 0) is 5.88 Å². The van der Waals surface area contributed by atoms with Crippen LogP contribution in [-0.4, -0.2) is 7.11 Å². The summed E-state index contributed by atoms with van der Waals surface area (Å²) in [6.07, 6.45) is 0. The second kappa shape index (κ2) is 4.85. The number of alkyl halides is 1. The van der Waals surface area contributed by atoms with Crippen molar-refractivity contribution in [1.82, 2.24) is 0 Å². The lowest BCUT2D eigenvalue weighted by Gasteiger charge is -2.08. The van der Waals surface area contributed by atoms with Crippen molar-refractivity contribution >= 4 is 56.8 Å². The predicted octanol–water partition coefficient (Wildman–Crippen LogP) is 3.64. The Bertz CT molecular complexity index is 289. The van der Waals surface area contributed by atoms with Crippen LogP contribution in [0.25, 0.3) is 0 Å². The van der Waals surface area contributed by atoms with Crippen molar-refractivity contribution in [2.24, 2.45) is 0 Å². The van der Waals surface area contributed by atoms with Crippen LogP contribution >= 0.6 is 56.8 Å². The van der Waals surface area contributed by atoms with E-state index in [1.165, 1.54) is 3.57 Å². The van der Waals surface area contributed by atoms with E-state index >= 15 is 0 Å². The highest BCUT2D eigenvalue weighted by molar-refractivity contribution is 14.1. The molecular weight excluding hydrogens is 401 g/mol. The van der Waals surface area contributed by atoms with E-state index in [-0.39, 0.29) is 0 Å². The summed E-state index contributed by atoms with van der Waals surface area (Å²) in [7, 11) is 1.67. The molecule has 0 N–H and O–H groups in total. The molecular formula is C8H7ClI2O. The highest BCUT2D eigenvalue weighted by atomic mass is 127. The van der Waals surface area contributed by atoms with Crippen LogP contribution in [0.2, 0.25) is 0 Å². The molecule has 0 heterocycles. The molecule has 0 spiro atoms. The first-order valence-electron chi connectivity index (χ1n) is 3.27. The number of benzene rings is 1. The monoisotopic (exact) mass is 408 g/mol. The molecule has 0 aliphatic heterocycles. The molecule has 0 aliphatic carbocycles. The summed E-state index contributed by atoms with van der Waals surface area (Å²) in [5.74, 6) is 1.43. The molecule has 0 atom stereocenters. The smallest absolute Gasteiger partial charge is 0.132 e. The summed E-state index contributed by atoms with van der Waals surface area (Å²) in [5, 5.41) is 0. The summed E-state index contributed by atoms with van der Waals surface area (Å²) in [4.78, 5) is 0. The minimum atomic E-state index is 0.535. The maximum absolute atomic E-state index is 5.80. The van der Waals surface area contributed by atoms with E-state index in [4.69, 9.17) is 16.3 Å². The fraction of sp³-hybridized carbons (Fsp3) is 0.250. The molecule has 1 rings (SSSR count). The lowest BCUT2D eigenvalue weighted by molar-refractivity contribution is 0.411. The Balaban J connectivity index is 3.24. The molecule has 0 unspecified atom stereocenters. The number of hydrogen-bond acceptors (Lipinski definition) is 1. The molecule has 0 amide bonds. The van der Waals surface area contributed by atoms with E-state index in [1.807, 2.05) is 12.1 Å². The number of methoxy groups -OCH3 is 1. The van der Waals surface area contributed by atoms with Crippen LogP contribution in [0.15, 0.2) is 12.1 Å². The lowest BCUT2D eigenvalue weighted by Crippen LogP contribution is -1.94. The van der Waals surface area contributed by atoms with Gasteiger partial charge in [-0.05, 0) is 62.9 Å². The van der Waals surface area contributed by atoms with Gasteiger partial charge in [0.05, 0.1) is 10.7 Å². The van der Waals surface area contributed by atoms with Crippen molar-refractivity contribution in [2.75, 3.05) is 7.11 Å². The van der Waals surface area contributed by atoms with Gasteiger partial charge < -0.3 is 4.74 Å². The maximum Gasteiger partial charge on any atom is 0.132 e. The highest BCUT2D eigenvalue weighted by Gasteiger charge is 2.08.